The number of carboxylic acids is 2. The number of aliphatic carboxylic acids is 2. The van der Waals surface area contributed by atoms with Crippen LogP contribution in [-0.4, -0.2) is 54.8 Å². The van der Waals surface area contributed by atoms with E-state index >= 15 is 0 Å². The minimum absolute atomic E-state index is 0.558. The van der Waals surface area contributed by atoms with Crippen molar-refractivity contribution < 1.29 is 24.3 Å². The molecule has 0 aromatic carbocycles. The molecule has 0 radical (unpaired) electrons. The lowest BCUT2D eigenvalue weighted by molar-refractivity contribution is -0.849. The molecule has 0 aliphatic carbocycles. The fourth-order valence-corrected chi connectivity index (χ4v) is 0.143. The van der Waals surface area contributed by atoms with Crippen LogP contribution in [0.15, 0.2) is 12.2 Å². The van der Waals surface area contributed by atoms with Crippen LogP contribution < -0.4 is 0 Å². The molecular formula is C8H16NO4+. The van der Waals surface area contributed by atoms with E-state index in [0.717, 1.165) is 4.48 Å². The average molecular weight is 190 g/mol. The largest absolute Gasteiger partial charge is 0.478 e. The summed E-state index contributed by atoms with van der Waals surface area (Å²) in [6, 6.07) is 0. The van der Waals surface area contributed by atoms with Crippen molar-refractivity contribution >= 4 is 11.9 Å². The van der Waals surface area contributed by atoms with Gasteiger partial charge in [0.25, 0.3) is 0 Å². The highest BCUT2D eigenvalue weighted by Gasteiger charge is 1.88. The molecule has 0 unspecified atom stereocenters. The van der Waals surface area contributed by atoms with Crippen LogP contribution in [-0.2, 0) is 9.59 Å². The monoisotopic (exact) mass is 190 g/mol. The standard InChI is InChI=1S/C4H12N.C4H4O4/c1-5(2,3)4;5-3(6)1-2-4(7)8/h1-4H3;1-2H,(H,5,6)(H,7,8)/q+1;/b;2-1-. The van der Waals surface area contributed by atoms with E-state index in [1.54, 1.807) is 0 Å². The van der Waals surface area contributed by atoms with Crippen LogP contribution in [0.1, 0.15) is 0 Å². The molecule has 0 saturated heterocycles. The first-order chi connectivity index (χ1) is 5.63. The van der Waals surface area contributed by atoms with E-state index in [1.807, 2.05) is 0 Å². The summed E-state index contributed by atoms with van der Waals surface area (Å²) < 4.78 is 1.00. The summed E-state index contributed by atoms with van der Waals surface area (Å²) in [6.45, 7) is 0. The molecule has 0 rings (SSSR count). The number of hydrogen-bond acceptors (Lipinski definition) is 2. The van der Waals surface area contributed by atoms with Gasteiger partial charge in [-0.15, -0.1) is 0 Å². The summed E-state index contributed by atoms with van der Waals surface area (Å²) in [4.78, 5) is 19.1. The van der Waals surface area contributed by atoms with E-state index in [9.17, 15) is 9.59 Å². The molecular weight excluding hydrogens is 174 g/mol. The Bertz CT molecular complexity index is 181. The maximum Gasteiger partial charge on any atom is 0.328 e. The van der Waals surface area contributed by atoms with E-state index in [2.05, 4.69) is 28.2 Å². The quantitative estimate of drug-likeness (QED) is 0.476. The molecule has 0 heterocycles. The fraction of sp³-hybridized carbons (Fsp3) is 0.500. The molecule has 0 aromatic heterocycles. The first-order valence-corrected chi connectivity index (χ1v) is 3.55. The maximum atomic E-state index is 9.55. The average Bonchev–Trinajstić information content (AvgIpc) is 1.79. The van der Waals surface area contributed by atoms with Crippen LogP contribution in [0.2, 0.25) is 0 Å². The molecule has 76 valence electrons. The van der Waals surface area contributed by atoms with Crippen molar-refractivity contribution in [2.24, 2.45) is 0 Å². The highest BCUT2D eigenvalue weighted by atomic mass is 16.4. The number of rotatable bonds is 2. The lowest BCUT2D eigenvalue weighted by Crippen LogP contribution is -2.27. The number of carboxylic acid groups (broad SMARTS) is 2. The van der Waals surface area contributed by atoms with Crippen molar-refractivity contribution in [2.45, 2.75) is 0 Å². The van der Waals surface area contributed by atoms with Gasteiger partial charge in [0.05, 0.1) is 28.2 Å². The molecule has 0 spiro atoms. The SMILES string of the molecule is C[N+](C)(C)C.O=C(O)/C=C\C(=O)O. The van der Waals surface area contributed by atoms with Gasteiger partial charge in [0.2, 0.25) is 0 Å². The van der Waals surface area contributed by atoms with Crippen LogP contribution in [0.25, 0.3) is 0 Å². The number of hydrogen-bond donors (Lipinski definition) is 2. The summed E-state index contributed by atoms with van der Waals surface area (Å²) in [5, 5.41) is 15.6. The van der Waals surface area contributed by atoms with Crippen LogP contribution in [0.4, 0.5) is 0 Å². The molecule has 13 heavy (non-hydrogen) atoms. The predicted molar refractivity (Wildman–Crippen MR) is 48.4 cm³/mol. The van der Waals surface area contributed by atoms with Crippen molar-refractivity contribution in [3.05, 3.63) is 12.2 Å². The zero-order valence-electron chi connectivity index (χ0n) is 8.31. The highest BCUT2D eigenvalue weighted by Crippen LogP contribution is 1.73. The second-order valence-electron chi connectivity index (χ2n) is 3.69. The molecule has 0 aliphatic heterocycles. The van der Waals surface area contributed by atoms with Gasteiger partial charge >= 0.3 is 11.9 Å². The third-order valence-corrected chi connectivity index (χ3v) is 0.368. The van der Waals surface area contributed by atoms with Crippen molar-refractivity contribution in [1.82, 2.24) is 0 Å². The summed E-state index contributed by atoms with van der Waals surface area (Å²) in [7, 11) is 8.50. The van der Waals surface area contributed by atoms with E-state index in [-0.39, 0.29) is 0 Å². The van der Waals surface area contributed by atoms with Gasteiger partial charge in [0.15, 0.2) is 0 Å². The molecule has 0 fully saturated rings. The Morgan fingerprint density at radius 1 is 0.923 bits per heavy atom. The van der Waals surface area contributed by atoms with Gasteiger partial charge in [-0.1, -0.05) is 0 Å². The number of carbonyl (C=O) groups is 2. The van der Waals surface area contributed by atoms with Gasteiger partial charge in [-0.25, -0.2) is 9.59 Å². The Balaban J connectivity index is 0. The second-order valence-corrected chi connectivity index (χ2v) is 3.69. The van der Waals surface area contributed by atoms with Gasteiger partial charge in [-0.2, -0.15) is 0 Å². The van der Waals surface area contributed by atoms with Crippen molar-refractivity contribution in [2.75, 3.05) is 28.2 Å². The van der Waals surface area contributed by atoms with E-state index in [4.69, 9.17) is 10.2 Å². The Kier molecular flexibility index (Phi) is 6.75. The lowest BCUT2D eigenvalue weighted by atomic mass is 10.5. The van der Waals surface area contributed by atoms with Gasteiger partial charge < -0.3 is 14.7 Å². The Labute approximate surface area is 77.5 Å². The molecule has 2 N–H and O–H groups in total. The summed E-state index contributed by atoms with van der Waals surface area (Å²) in [6.07, 6.45) is 1.12. The number of nitrogens with zero attached hydrogens (tertiary/aromatic N) is 1. The normalized spacial score (nSPS) is 10.5. The third-order valence-electron chi connectivity index (χ3n) is 0.368. The van der Waals surface area contributed by atoms with Crippen LogP contribution in [0.3, 0.4) is 0 Å². The summed E-state index contributed by atoms with van der Waals surface area (Å²) in [5.41, 5.74) is 0. The molecule has 0 aliphatic rings. The van der Waals surface area contributed by atoms with Crippen LogP contribution in [0.5, 0.6) is 0 Å². The first-order valence-electron chi connectivity index (χ1n) is 3.55. The maximum absolute atomic E-state index is 9.55. The molecule has 0 bridgehead atoms. The molecule has 0 atom stereocenters. The summed E-state index contributed by atoms with van der Waals surface area (Å²) >= 11 is 0. The van der Waals surface area contributed by atoms with E-state index in [1.165, 1.54) is 0 Å². The van der Waals surface area contributed by atoms with Crippen LogP contribution >= 0.6 is 0 Å². The smallest absolute Gasteiger partial charge is 0.328 e. The summed E-state index contributed by atoms with van der Waals surface area (Å²) in [5.74, 6) is -2.51. The molecule has 5 heteroatoms. The lowest BCUT2D eigenvalue weighted by Gasteiger charge is -2.14. The zero-order valence-corrected chi connectivity index (χ0v) is 8.31. The van der Waals surface area contributed by atoms with E-state index < -0.39 is 11.9 Å². The van der Waals surface area contributed by atoms with Crippen molar-refractivity contribution in [3.63, 3.8) is 0 Å². The Hall–Kier alpha value is -1.36. The van der Waals surface area contributed by atoms with Crippen molar-refractivity contribution in [3.8, 4) is 0 Å². The van der Waals surface area contributed by atoms with Crippen molar-refractivity contribution in [1.29, 1.82) is 0 Å². The first kappa shape index (κ1) is 14.2. The molecule has 0 aromatic rings. The van der Waals surface area contributed by atoms with Crippen LogP contribution in [0, 0.1) is 0 Å². The molecule has 0 amide bonds. The molecule has 5 nitrogen and oxygen atoms in total. The second kappa shape index (κ2) is 6.19. The Morgan fingerprint density at radius 3 is 1.15 bits per heavy atom. The Morgan fingerprint density at radius 2 is 1.08 bits per heavy atom. The van der Waals surface area contributed by atoms with Gasteiger partial charge in [-0.3, -0.25) is 0 Å². The highest BCUT2D eigenvalue weighted by molar-refractivity contribution is 5.89. The minimum Gasteiger partial charge on any atom is -0.478 e. The minimum atomic E-state index is -1.26. The van der Waals surface area contributed by atoms with Gasteiger partial charge in [0, 0.05) is 12.2 Å². The predicted octanol–water partition coefficient (Wildman–Crippen LogP) is 0.0342. The fourth-order valence-electron chi connectivity index (χ4n) is 0.143. The van der Waals surface area contributed by atoms with E-state index in [0.29, 0.717) is 12.2 Å². The van der Waals surface area contributed by atoms with Gasteiger partial charge in [0.1, 0.15) is 0 Å². The third kappa shape index (κ3) is 59.9. The zero-order chi connectivity index (χ0) is 11.1. The molecule has 0 saturated carbocycles. The number of quaternary nitrogens is 1. The topological polar surface area (TPSA) is 74.6 Å². The van der Waals surface area contributed by atoms with Gasteiger partial charge in [-0.05, 0) is 0 Å².